The number of para-hydroxylation sites is 1. The molecule has 0 saturated carbocycles. The molecule has 0 radical (unpaired) electrons. The molecule has 3 heterocycles. The molecule has 0 aliphatic carbocycles. The number of carbonyl (C=O) groups is 1. The van der Waals surface area contributed by atoms with Crippen LogP contribution in [0.1, 0.15) is 37.7 Å². The number of benzene rings is 2. The van der Waals surface area contributed by atoms with Crippen LogP contribution in [0.3, 0.4) is 0 Å². The van der Waals surface area contributed by atoms with Crippen molar-refractivity contribution in [1.82, 2.24) is 9.80 Å². The number of likely N-dealkylation sites (tertiary alicyclic amines) is 1. The Morgan fingerprint density at radius 3 is 2.31 bits per heavy atom. The average Bonchev–Trinajstić information content (AvgIpc) is 3.48. The van der Waals surface area contributed by atoms with Crippen LogP contribution >= 0.6 is 12.4 Å². The first-order valence-corrected chi connectivity index (χ1v) is 12.4. The summed E-state index contributed by atoms with van der Waals surface area (Å²) in [4.78, 5) is 20.2. The van der Waals surface area contributed by atoms with E-state index in [4.69, 9.17) is 9.47 Å². The van der Waals surface area contributed by atoms with E-state index in [0.717, 1.165) is 56.7 Å². The Balaban J connectivity index is 0.00000289. The van der Waals surface area contributed by atoms with Gasteiger partial charge in [-0.05, 0) is 49.6 Å². The molecule has 1 atom stereocenters. The summed E-state index contributed by atoms with van der Waals surface area (Å²) in [7, 11) is 0. The Kier molecular flexibility index (Phi) is 8.32. The van der Waals surface area contributed by atoms with Crippen molar-refractivity contribution in [3.05, 3.63) is 66.0 Å². The number of halogens is 2. The second-order valence-electron chi connectivity index (χ2n) is 9.55. The predicted octanol–water partition coefficient (Wildman–Crippen LogP) is 4.25. The molecule has 2 aromatic rings. The summed E-state index contributed by atoms with van der Waals surface area (Å²) >= 11 is 0. The summed E-state index contributed by atoms with van der Waals surface area (Å²) in [6.45, 7) is 7.19. The van der Waals surface area contributed by atoms with Gasteiger partial charge in [0.2, 0.25) is 5.91 Å². The number of likely N-dealkylation sites (N-methyl/N-ethyl adjacent to an activating group) is 1. The summed E-state index contributed by atoms with van der Waals surface area (Å²) in [5.41, 5.74) is 1.73. The lowest BCUT2D eigenvalue weighted by atomic mass is 9.84. The smallest absolute Gasteiger partial charge is 0.250 e. The SMILES string of the molecule is CCN1CN(c2ccccc2)C2(CCN(CC(CC3OCCO3)c3ccc(F)cc3)CC2)C1=O.Cl. The van der Waals surface area contributed by atoms with E-state index in [0.29, 0.717) is 19.9 Å². The van der Waals surface area contributed by atoms with Crippen LogP contribution in [-0.4, -0.2) is 73.6 Å². The lowest BCUT2D eigenvalue weighted by Crippen LogP contribution is -2.57. The van der Waals surface area contributed by atoms with Gasteiger partial charge in [-0.15, -0.1) is 12.4 Å². The number of amides is 1. The standard InChI is InChI=1S/C27H34FN3O3.ClH/c1-2-30-20-31(24-6-4-3-5-7-24)27(26(30)32)12-14-29(15-13-27)19-22(18-25-33-16-17-34-25)21-8-10-23(28)11-9-21;/h3-11,22,25H,2,12-20H2,1H3;1H. The maximum Gasteiger partial charge on any atom is 0.250 e. The van der Waals surface area contributed by atoms with Crippen molar-refractivity contribution in [1.29, 1.82) is 0 Å². The van der Waals surface area contributed by atoms with E-state index >= 15 is 0 Å². The predicted molar refractivity (Wildman–Crippen MR) is 136 cm³/mol. The summed E-state index contributed by atoms with van der Waals surface area (Å²) < 4.78 is 25.0. The molecule has 190 valence electrons. The van der Waals surface area contributed by atoms with E-state index in [2.05, 4.69) is 28.9 Å². The highest BCUT2D eigenvalue weighted by Gasteiger charge is 2.53. The highest BCUT2D eigenvalue weighted by atomic mass is 35.5. The van der Waals surface area contributed by atoms with Crippen LogP contribution in [0, 0.1) is 5.82 Å². The van der Waals surface area contributed by atoms with Gasteiger partial charge in [-0.2, -0.15) is 0 Å². The van der Waals surface area contributed by atoms with Crippen molar-refractivity contribution in [2.24, 2.45) is 0 Å². The fraction of sp³-hybridized carbons (Fsp3) is 0.519. The zero-order valence-corrected chi connectivity index (χ0v) is 21.1. The van der Waals surface area contributed by atoms with Gasteiger partial charge in [-0.3, -0.25) is 4.79 Å². The number of piperidine rings is 1. The quantitative estimate of drug-likeness (QED) is 0.565. The third-order valence-corrected chi connectivity index (χ3v) is 7.63. The Morgan fingerprint density at radius 2 is 1.69 bits per heavy atom. The van der Waals surface area contributed by atoms with Crippen molar-refractivity contribution >= 4 is 24.0 Å². The molecule has 3 aliphatic rings. The van der Waals surface area contributed by atoms with Gasteiger partial charge in [0.25, 0.3) is 0 Å². The summed E-state index contributed by atoms with van der Waals surface area (Å²) in [6, 6.07) is 17.1. The monoisotopic (exact) mass is 503 g/mol. The number of nitrogens with zero attached hydrogens (tertiary/aromatic N) is 3. The summed E-state index contributed by atoms with van der Waals surface area (Å²) in [5.74, 6) is 0.202. The number of carbonyl (C=O) groups excluding carboxylic acids is 1. The van der Waals surface area contributed by atoms with E-state index in [1.54, 1.807) is 0 Å². The Hall–Kier alpha value is -2.19. The fourth-order valence-corrected chi connectivity index (χ4v) is 5.69. The third kappa shape index (κ3) is 5.33. The molecule has 1 spiro atoms. The molecule has 3 saturated heterocycles. The number of hydrogen-bond donors (Lipinski definition) is 0. The van der Waals surface area contributed by atoms with E-state index < -0.39 is 5.54 Å². The first kappa shape index (κ1) is 25.9. The van der Waals surface area contributed by atoms with E-state index in [1.165, 1.54) is 12.1 Å². The van der Waals surface area contributed by atoms with Crippen LogP contribution in [0.25, 0.3) is 0 Å². The Labute approximate surface area is 213 Å². The highest BCUT2D eigenvalue weighted by molar-refractivity contribution is 5.93. The minimum atomic E-state index is -0.475. The van der Waals surface area contributed by atoms with E-state index in [-0.39, 0.29) is 36.3 Å². The van der Waals surface area contributed by atoms with Crippen LogP contribution in [0.5, 0.6) is 0 Å². The molecule has 8 heteroatoms. The lowest BCUT2D eigenvalue weighted by molar-refractivity contribution is -0.133. The van der Waals surface area contributed by atoms with Crippen LogP contribution in [0.2, 0.25) is 0 Å². The summed E-state index contributed by atoms with van der Waals surface area (Å²) in [5, 5.41) is 0. The van der Waals surface area contributed by atoms with Gasteiger partial charge in [0.05, 0.1) is 19.9 Å². The lowest BCUT2D eigenvalue weighted by Gasteiger charge is -2.44. The van der Waals surface area contributed by atoms with Crippen molar-refractivity contribution < 1.29 is 18.7 Å². The zero-order valence-electron chi connectivity index (χ0n) is 20.3. The second-order valence-corrected chi connectivity index (χ2v) is 9.55. The largest absolute Gasteiger partial charge is 0.350 e. The van der Waals surface area contributed by atoms with Crippen LogP contribution in [0.15, 0.2) is 54.6 Å². The molecule has 1 amide bonds. The molecule has 0 N–H and O–H groups in total. The molecular formula is C27H35ClFN3O3. The van der Waals surface area contributed by atoms with Gasteiger partial charge >= 0.3 is 0 Å². The second kappa shape index (κ2) is 11.2. The Bertz CT molecular complexity index is 963. The fourth-order valence-electron chi connectivity index (χ4n) is 5.69. The third-order valence-electron chi connectivity index (χ3n) is 7.63. The highest BCUT2D eigenvalue weighted by Crippen LogP contribution is 2.40. The molecule has 6 nitrogen and oxygen atoms in total. The normalized spacial score (nSPS) is 21.5. The van der Waals surface area contributed by atoms with Gasteiger partial charge in [0.15, 0.2) is 6.29 Å². The first-order chi connectivity index (χ1) is 16.6. The van der Waals surface area contributed by atoms with E-state index in [9.17, 15) is 9.18 Å². The van der Waals surface area contributed by atoms with E-state index in [1.807, 2.05) is 35.2 Å². The number of anilines is 1. The molecule has 2 aromatic carbocycles. The van der Waals surface area contributed by atoms with Crippen molar-refractivity contribution in [2.75, 3.05) is 51.0 Å². The van der Waals surface area contributed by atoms with Gasteiger partial charge in [-0.1, -0.05) is 30.3 Å². The van der Waals surface area contributed by atoms with Gasteiger partial charge < -0.3 is 24.2 Å². The molecule has 1 unspecified atom stereocenters. The summed E-state index contributed by atoms with van der Waals surface area (Å²) in [6.07, 6.45) is 2.12. The van der Waals surface area contributed by atoms with Crippen LogP contribution in [0.4, 0.5) is 10.1 Å². The topological polar surface area (TPSA) is 45.2 Å². The minimum Gasteiger partial charge on any atom is -0.350 e. The minimum absolute atomic E-state index is 0. The first-order valence-electron chi connectivity index (χ1n) is 12.4. The van der Waals surface area contributed by atoms with Crippen molar-refractivity contribution in [3.63, 3.8) is 0 Å². The molecule has 5 rings (SSSR count). The number of rotatable bonds is 7. The average molecular weight is 504 g/mol. The van der Waals surface area contributed by atoms with Crippen molar-refractivity contribution in [2.45, 2.75) is 43.9 Å². The van der Waals surface area contributed by atoms with Crippen LogP contribution < -0.4 is 4.90 Å². The Morgan fingerprint density at radius 1 is 1.03 bits per heavy atom. The van der Waals surface area contributed by atoms with Crippen molar-refractivity contribution in [3.8, 4) is 0 Å². The maximum atomic E-state index is 13.6. The zero-order chi connectivity index (χ0) is 23.5. The number of ether oxygens (including phenoxy) is 2. The molecule has 0 bridgehead atoms. The van der Waals surface area contributed by atoms with Gasteiger partial charge in [0, 0.05) is 44.2 Å². The number of hydrogen-bond acceptors (Lipinski definition) is 5. The molecule has 0 aromatic heterocycles. The molecule has 3 aliphatic heterocycles. The van der Waals surface area contributed by atoms with Gasteiger partial charge in [-0.25, -0.2) is 4.39 Å². The van der Waals surface area contributed by atoms with Gasteiger partial charge in [0.1, 0.15) is 11.4 Å². The molecular weight excluding hydrogens is 469 g/mol. The molecule has 3 fully saturated rings. The maximum absolute atomic E-state index is 13.6. The molecule has 35 heavy (non-hydrogen) atoms. The van der Waals surface area contributed by atoms with Crippen LogP contribution in [-0.2, 0) is 14.3 Å².